The average molecular weight is 233 g/mol. The van der Waals surface area contributed by atoms with Crippen LogP contribution in [0.15, 0.2) is 36.9 Å². The Morgan fingerprint density at radius 1 is 1.35 bits per heavy atom. The minimum atomic E-state index is -1.53. The van der Waals surface area contributed by atoms with E-state index in [2.05, 4.69) is 10.1 Å². The summed E-state index contributed by atoms with van der Waals surface area (Å²) in [5.74, 6) is 0.503. The first kappa shape index (κ1) is 11.6. The third kappa shape index (κ3) is 3.30. The molecule has 0 atom stereocenters. The van der Waals surface area contributed by atoms with Crippen LogP contribution in [0.25, 0.3) is 0 Å². The van der Waals surface area contributed by atoms with Crippen LogP contribution in [0.3, 0.4) is 0 Å². The summed E-state index contributed by atoms with van der Waals surface area (Å²) in [5.41, 5.74) is 0.307. The lowest BCUT2D eigenvalue weighted by Gasteiger charge is -2.07. The molecule has 2 rings (SSSR count). The Hall–Kier alpha value is -1.86. The Bertz CT molecular complexity index is 462. The fourth-order valence-electron chi connectivity index (χ4n) is 1.35. The van der Waals surface area contributed by atoms with Gasteiger partial charge < -0.3 is 14.8 Å². The van der Waals surface area contributed by atoms with E-state index in [1.807, 2.05) is 12.3 Å². The van der Waals surface area contributed by atoms with E-state index in [4.69, 9.17) is 14.8 Å². The number of rotatable bonds is 5. The summed E-state index contributed by atoms with van der Waals surface area (Å²) < 4.78 is 7.17. The zero-order valence-corrected chi connectivity index (χ0v) is 9.10. The van der Waals surface area contributed by atoms with Crippen LogP contribution in [0.4, 0.5) is 0 Å². The van der Waals surface area contributed by atoms with Gasteiger partial charge in [0, 0.05) is 24.1 Å². The molecule has 2 heterocycles. The molecule has 0 saturated carbocycles. The van der Waals surface area contributed by atoms with Crippen molar-refractivity contribution in [1.82, 2.24) is 14.8 Å². The Balaban J connectivity index is 1.88. The molecule has 17 heavy (non-hydrogen) atoms. The molecular formula is C10H12BN3O3. The van der Waals surface area contributed by atoms with Crippen LogP contribution in [0, 0.1) is 0 Å². The van der Waals surface area contributed by atoms with Crippen LogP contribution >= 0.6 is 0 Å². The lowest BCUT2D eigenvalue weighted by molar-refractivity contribution is 0.290. The van der Waals surface area contributed by atoms with Gasteiger partial charge in [0.2, 0.25) is 0 Å². The molecule has 0 fully saturated rings. The third-order valence-electron chi connectivity index (χ3n) is 2.18. The molecule has 2 aromatic rings. The van der Waals surface area contributed by atoms with E-state index in [1.165, 1.54) is 12.4 Å². The minimum Gasteiger partial charge on any atom is -0.490 e. The van der Waals surface area contributed by atoms with E-state index in [9.17, 15) is 0 Å². The quantitative estimate of drug-likeness (QED) is 0.650. The van der Waals surface area contributed by atoms with E-state index in [-0.39, 0.29) is 0 Å². The number of ether oxygens (including phenoxy) is 1. The summed E-state index contributed by atoms with van der Waals surface area (Å²) >= 11 is 0. The standard InChI is InChI=1S/C10H12BN3O3/c15-11(16)9-6-10(8-12-7-9)17-5-4-14-3-1-2-13-14/h1-3,6-8,15-16H,4-5H2. The van der Waals surface area contributed by atoms with Crippen LogP contribution < -0.4 is 10.2 Å². The molecule has 0 aliphatic rings. The first-order valence-electron chi connectivity index (χ1n) is 5.17. The highest BCUT2D eigenvalue weighted by molar-refractivity contribution is 6.58. The molecule has 0 amide bonds. The number of pyridine rings is 1. The molecule has 2 N–H and O–H groups in total. The van der Waals surface area contributed by atoms with E-state index < -0.39 is 7.12 Å². The smallest absolute Gasteiger partial charge is 0.490 e. The van der Waals surface area contributed by atoms with Gasteiger partial charge in [0.1, 0.15) is 12.4 Å². The third-order valence-corrected chi connectivity index (χ3v) is 2.18. The second-order valence-corrected chi connectivity index (χ2v) is 3.45. The van der Waals surface area contributed by atoms with Gasteiger partial charge in [-0.25, -0.2) is 0 Å². The lowest BCUT2D eigenvalue weighted by Crippen LogP contribution is -2.30. The monoisotopic (exact) mass is 233 g/mol. The first-order valence-corrected chi connectivity index (χ1v) is 5.17. The van der Waals surface area contributed by atoms with E-state index in [1.54, 1.807) is 16.9 Å². The zero-order chi connectivity index (χ0) is 12.1. The molecule has 6 nitrogen and oxygen atoms in total. The normalized spacial score (nSPS) is 10.2. The highest BCUT2D eigenvalue weighted by Crippen LogP contribution is 2.05. The van der Waals surface area contributed by atoms with Crippen molar-refractivity contribution in [3.63, 3.8) is 0 Å². The van der Waals surface area contributed by atoms with Crippen LogP contribution in [-0.4, -0.2) is 38.5 Å². The van der Waals surface area contributed by atoms with Gasteiger partial charge in [-0.05, 0) is 12.1 Å². The zero-order valence-electron chi connectivity index (χ0n) is 9.10. The lowest BCUT2D eigenvalue weighted by atomic mass is 9.82. The van der Waals surface area contributed by atoms with Crippen LogP contribution in [0.5, 0.6) is 5.75 Å². The molecule has 0 saturated heterocycles. The number of nitrogens with zero attached hydrogens (tertiary/aromatic N) is 3. The summed E-state index contributed by atoms with van der Waals surface area (Å²) in [4.78, 5) is 3.85. The predicted molar refractivity (Wildman–Crippen MR) is 61.8 cm³/mol. The largest absolute Gasteiger partial charge is 0.490 e. The molecule has 88 valence electrons. The maximum absolute atomic E-state index is 8.97. The summed E-state index contributed by atoms with van der Waals surface area (Å²) in [7, 11) is -1.53. The highest BCUT2D eigenvalue weighted by Gasteiger charge is 2.11. The average Bonchev–Trinajstić information content (AvgIpc) is 2.82. The molecular weight excluding hydrogens is 221 g/mol. The summed E-state index contributed by atoms with van der Waals surface area (Å²) in [6.07, 6.45) is 6.44. The van der Waals surface area contributed by atoms with Gasteiger partial charge in [-0.1, -0.05) is 0 Å². The molecule has 7 heteroatoms. The van der Waals surface area contributed by atoms with Crippen molar-refractivity contribution in [2.45, 2.75) is 6.54 Å². The van der Waals surface area contributed by atoms with E-state index in [0.717, 1.165) is 0 Å². The number of hydrogen-bond donors (Lipinski definition) is 2. The Labute approximate surface area is 98.6 Å². The van der Waals surface area contributed by atoms with Crippen molar-refractivity contribution in [1.29, 1.82) is 0 Å². The minimum absolute atomic E-state index is 0.307. The van der Waals surface area contributed by atoms with E-state index >= 15 is 0 Å². The van der Waals surface area contributed by atoms with Crippen molar-refractivity contribution in [2.75, 3.05) is 6.61 Å². The van der Waals surface area contributed by atoms with Gasteiger partial charge in [0.25, 0.3) is 0 Å². The van der Waals surface area contributed by atoms with Gasteiger partial charge in [-0.15, -0.1) is 0 Å². The Kier molecular flexibility index (Phi) is 3.74. The molecule has 0 bridgehead atoms. The van der Waals surface area contributed by atoms with E-state index in [0.29, 0.717) is 24.4 Å². The highest BCUT2D eigenvalue weighted by atomic mass is 16.5. The van der Waals surface area contributed by atoms with Gasteiger partial charge in [0.15, 0.2) is 0 Å². The number of hydrogen-bond acceptors (Lipinski definition) is 5. The first-order chi connectivity index (χ1) is 8.25. The number of aromatic nitrogens is 3. The van der Waals surface area contributed by atoms with Gasteiger partial charge in [-0.2, -0.15) is 5.10 Å². The van der Waals surface area contributed by atoms with Gasteiger partial charge in [0.05, 0.1) is 12.7 Å². The van der Waals surface area contributed by atoms with Crippen molar-refractivity contribution in [3.05, 3.63) is 36.9 Å². The summed E-state index contributed by atoms with van der Waals surface area (Å²) in [6, 6.07) is 3.38. The van der Waals surface area contributed by atoms with Crippen molar-refractivity contribution < 1.29 is 14.8 Å². The molecule has 0 radical (unpaired) electrons. The van der Waals surface area contributed by atoms with Crippen molar-refractivity contribution in [2.24, 2.45) is 0 Å². The predicted octanol–water partition coefficient (Wildman–Crippen LogP) is -0.963. The van der Waals surface area contributed by atoms with Gasteiger partial charge in [-0.3, -0.25) is 9.67 Å². The maximum Gasteiger partial charge on any atom is 0.490 e. The molecule has 0 spiro atoms. The fraction of sp³-hybridized carbons (Fsp3) is 0.200. The molecule has 0 unspecified atom stereocenters. The van der Waals surface area contributed by atoms with Crippen molar-refractivity contribution >= 4 is 12.6 Å². The molecule has 0 aromatic carbocycles. The summed E-state index contributed by atoms with van der Waals surface area (Å²) in [5, 5.41) is 22.0. The Morgan fingerprint density at radius 3 is 2.94 bits per heavy atom. The topological polar surface area (TPSA) is 80.4 Å². The molecule has 2 aromatic heterocycles. The fourth-order valence-corrected chi connectivity index (χ4v) is 1.35. The van der Waals surface area contributed by atoms with Crippen molar-refractivity contribution in [3.8, 4) is 5.75 Å². The SMILES string of the molecule is OB(O)c1cncc(OCCn2cccn2)c1. The second-order valence-electron chi connectivity index (χ2n) is 3.45. The van der Waals surface area contributed by atoms with Crippen LogP contribution in [0.2, 0.25) is 0 Å². The molecule has 0 aliphatic carbocycles. The van der Waals surface area contributed by atoms with Crippen LogP contribution in [0.1, 0.15) is 0 Å². The molecule has 0 aliphatic heterocycles. The van der Waals surface area contributed by atoms with Crippen LogP contribution in [-0.2, 0) is 6.54 Å². The van der Waals surface area contributed by atoms with Gasteiger partial charge >= 0.3 is 7.12 Å². The summed E-state index contributed by atoms with van der Waals surface area (Å²) in [6.45, 7) is 1.06. The Morgan fingerprint density at radius 2 is 2.24 bits per heavy atom. The second kappa shape index (κ2) is 5.47. The maximum atomic E-state index is 8.97.